The molecule has 2 aromatic carbocycles. The Bertz CT molecular complexity index is 1080. The van der Waals surface area contributed by atoms with Gasteiger partial charge in [0.05, 0.1) is 28.3 Å². The van der Waals surface area contributed by atoms with Gasteiger partial charge in [-0.2, -0.15) is 0 Å². The van der Waals surface area contributed by atoms with E-state index >= 15 is 0 Å². The normalized spacial score (nSPS) is 15.6. The molecule has 0 unspecified atom stereocenters. The fourth-order valence-corrected chi connectivity index (χ4v) is 4.53. The first-order valence-electron chi connectivity index (χ1n) is 10.4. The molecule has 0 spiro atoms. The van der Waals surface area contributed by atoms with Crippen LogP contribution >= 0.6 is 0 Å². The van der Waals surface area contributed by atoms with Crippen LogP contribution in [0.3, 0.4) is 0 Å². The number of carbonyl (C=O) groups excluding carboxylic acids is 1. The van der Waals surface area contributed by atoms with Crippen LogP contribution in [0.15, 0.2) is 41.3 Å². The SMILES string of the molecule is CCCOc1ccc(S(=O)(=O)Nc2ccc3c(c2)N(CC)C(=O)C(C)(C)CO3)cc1C. The highest BCUT2D eigenvalue weighted by molar-refractivity contribution is 7.92. The van der Waals surface area contributed by atoms with Crippen molar-refractivity contribution in [2.75, 3.05) is 29.4 Å². The quantitative estimate of drug-likeness (QED) is 0.683. The highest BCUT2D eigenvalue weighted by Gasteiger charge is 2.37. The van der Waals surface area contributed by atoms with Gasteiger partial charge in [-0.1, -0.05) is 6.92 Å². The lowest BCUT2D eigenvalue weighted by atomic mass is 9.93. The third-order valence-corrected chi connectivity index (χ3v) is 6.53. The van der Waals surface area contributed by atoms with Gasteiger partial charge in [0, 0.05) is 6.54 Å². The van der Waals surface area contributed by atoms with E-state index in [-0.39, 0.29) is 17.4 Å². The van der Waals surface area contributed by atoms with Crippen molar-refractivity contribution in [2.45, 2.75) is 45.9 Å². The van der Waals surface area contributed by atoms with Crippen LogP contribution in [0.5, 0.6) is 11.5 Å². The van der Waals surface area contributed by atoms with E-state index in [2.05, 4.69) is 4.72 Å². The van der Waals surface area contributed by atoms with Crippen LogP contribution in [0.2, 0.25) is 0 Å². The second kappa shape index (κ2) is 8.78. The molecule has 0 radical (unpaired) electrons. The number of ether oxygens (including phenoxy) is 2. The minimum atomic E-state index is -3.82. The van der Waals surface area contributed by atoms with Gasteiger partial charge in [0.15, 0.2) is 0 Å². The zero-order valence-corrected chi connectivity index (χ0v) is 19.5. The maximum atomic E-state index is 13.0. The maximum Gasteiger partial charge on any atom is 0.261 e. The van der Waals surface area contributed by atoms with E-state index in [0.717, 1.165) is 12.0 Å². The number of hydrogen-bond donors (Lipinski definition) is 1. The molecule has 1 amide bonds. The zero-order valence-electron chi connectivity index (χ0n) is 18.7. The van der Waals surface area contributed by atoms with E-state index in [4.69, 9.17) is 9.47 Å². The number of carbonyl (C=O) groups is 1. The fourth-order valence-electron chi connectivity index (χ4n) is 3.40. The molecule has 0 bridgehead atoms. The highest BCUT2D eigenvalue weighted by Crippen LogP contribution is 2.38. The molecule has 0 saturated carbocycles. The van der Waals surface area contributed by atoms with Gasteiger partial charge in [0.1, 0.15) is 18.1 Å². The second-order valence-corrected chi connectivity index (χ2v) is 9.97. The number of fused-ring (bicyclic) bond motifs is 1. The maximum absolute atomic E-state index is 13.0. The Morgan fingerprint density at radius 3 is 2.55 bits per heavy atom. The molecule has 2 aromatic rings. The Hall–Kier alpha value is -2.74. The fraction of sp³-hybridized carbons (Fsp3) is 0.435. The largest absolute Gasteiger partial charge is 0.493 e. The minimum Gasteiger partial charge on any atom is -0.493 e. The standard InChI is InChI=1S/C23H30N2O5S/c1-6-12-29-20-11-9-18(13-16(20)3)31(27,28)24-17-8-10-21-19(14-17)25(7-2)22(26)23(4,5)15-30-21/h8-11,13-14,24H,6-7,12,15H2,1-5H3. The van der Waals surface area contributed by atoms with Crippen molar-refractivity contribution in [3.8, 4) is 11.5 Å². The molecule has 1 N–H and O–H groups in total. The van der Waals surface area contributed by atoms with Crippen LogP contribution in [0, 0.1) is 12.3 Å². The van der Waals surface area contributed by atoms with Crippen LogP contribution in [0.1, 0.15) is 39.7 Å². The van der Waals surface area contributed by atoms with Crippen LogP contribution in [0.25, 0.3) is 0 Å². The van der Waals surface area contributed by atoms with Gasteiger partial charge in [-0.25, -0.2) is 8.42 Å². The Kier molecular flexibility index (Phi) is 6.50. The summed E-state index contributed by atoms with van der Waals surface area (Å²) < 4.78 is 40.0. The van der Waals surface area contributed by atoms with E-state index in [1.807, 2.05) is 34.6 Å². The number of nitrogens with one attached hydrogen (secondary N) is 1. The van der Waals surface area contributed by atoms with Gasteiger partial charge in [-0.05, 0) is 76.1 Å². The van der Waals surface area contributed by atoms with E-state index in [1.165, 1.54) is 6.07 Å². The van der Waals surface area contributed by atoms with Gasteiger partial charge in [-0.3, -0.25) is 9.52 Å². The van der Waals surface area contributed by atoms with E-state index in [1.54, 1.807) is 35.2 Å². The molecule has 168 valence electrons. The summed E-state index contributed by atoms with van der Waals surface area (Å²) in [6.07, 6.45) is 0.873. The number of aryl methyl sites for hydroxylation is 1. The molecule has 7 nitrogen and oxygen atoms in total. The first kappa shape index (κ1) is 22.9. The monoisotopic (exact) mass is 446 g/mol. The first-order chi connectivity index (χ1) is 14.6. The number of nitrogens with zero attached hydrogens (tertiary/aromatic N) is 1. The van der Waals surface area contributed by atoms with Crippen molar-refractivity contribution in [1.29, 1.82) is 0 Å². The molecule has 8 heteroatoms. The van der Waals surface area contributed by atoms with Crippen molar-refractivity contribution in [3.63, 3.8) is 0 Å². The number of hydrogen-bond acceptors (Lipinski definition) is 5. The zero-order chi connectivity index (χ0) is 22.8. The van der Waals surface area contributed by atoms with Crippen molar-refractivity contribution in [1.82, 2.24) is 0 Å². The van der Waals surface area contributed by atoms with E-state index in [0.29, 0.717) is 36.0 Å². The Morgan fingerprint density at radius 1 is 1.16 bits per heavy atom. The highest BCUT2D eigenvalue weighted by atomic mass is 32.2. The summed E-state index contributed by atoms with van der Waals surface area (Å²) >= 11 is 0. The van der Waals surface area contributed by atoms with Crippen LogP contribution in [-0.2, 0) is 14.8 Å². The molecule has 0 atom stereocenters. The summed E-state index contributed by atoms with van der Waals surface area (Å²) in [7, 11) is -3.82. The molecule has 0 aliphatic carbocycles. The Balaban J connectivity index is 1.90. The molecule has 1 heterocycles. The van der Waals surface area contributed by atoms with E-state index < -0.39 is 15.4 Å². The number of sulfonamides is 1. The number of anilines is 2. The molecule has 1 aliphatic rings. The van der Waals surface area contributed by atoms with Crippen LogP contribution in [-0.4, -0.2) is 34.1 Å². The Morgan fingerprint density at radius 2 is 1.90 bits per heavy atom. The summed E-state index contributed by atoms with van der Waals surface area (Å²) in [5.74, 6) is 1.16. The first-order valence-corrected chi connectivity index (χ1v) is 11.9. The molecule has 0 fully saturated rings. The van der Waals surface area contributed by atoms with Gasteiger partial charge in [-0.15, -0.1) is 0 Å². The summed E-state index contributed by atoms with van der Waals surface area (Å²) in [5.41, 5.74) is 0.986. The lowest BCUT2D eigenvalue weighted by Crippen LogP contribution is -2.42. The van der Waals surface area contributed by atoms with Crippen LogP contribution in [0.4, 0.5) is 11.4 Å². The van der Waals surface area contributed by atoms with Gasteiger partial charge in [0.2, 0.25) is 5.91 Å². The summed E-state index contributed by atoms with van der Waals surface area (Å²) in [6, 6.07) is 9.75. The molecule has 0 saturated heterocycles. The third-order valence-electron chi connectivity index (χ3n) is 5.15. The van der Waals surface area contributed by atoms with Crippen molar-refractivity contribution in [3.05, 3.63) is 42.0 Å². The van der Waals surface area contributed by atoms with Gasteiger partial charge >= 0.3 is 0 Å². The second-order valence-electron chi connectivity index (χ2n) is 8.29. The smallest absolute Gasteiger partial charge is 0.261 e. The molecule has 31 heavy (non-hydrogen) atoms. The summed E-state index contributed by atoms with van der Waals surface area (Å²) in [6.45, 7) is 10.7. The number of rotatable bonds is 7. The predicted octanol–water partition coefficient (Wildman–Crippen LogP) is 4.36. The lowest BCUT2D eigenvalue weighted by molar-refractivity contribution is -0.127. The van der Waals surface area contributed by atoms with Crippen molar-refractivity contribution >= 4 is 27.3 Å². The third kappa shape index (κ3) is 4.79. The summed E-state index contributed by atoms with van der Waals surface area (Å²) in [4.78, 5) is 14.7. The average molecular weight is 447 g/mol. The predicted molar refractivity (Wildman–Crippen MR) is 122 cm³/mol. The van der Waals surface area contributed by atoms with E-state index in [9.17, 15) is 13.2 Å². The molecule has 3 rings (SSSR count). The number of benzene rings is 2. The minimum absolute atomic E-state index is 0.0629. The number of amides is 1. The van der Waals surface area contributed by atoms with Crippen LogP contribution < -0.4 is 19.1 Å². The van der Waals surface area contributed by atoms with Gasteiger partial charge in [0.25, 0.3) is 10.0 Å². The molecular weight excluding hydrogens is 416 g/mol. The lowest BCUT2D eigenvalue weighted by Gasteiger charge is -2.27. The molecule has 0 aromatic heterocycles. The molecular formula is C23H30N2O5S. The Labute approximate surface area is 184 Å². The van der Waals surface area contributed by atoms with Crippen molar-refractivity contribution < 1.29 is 22.7 Å². The molecule has 1 aliphatic heterocycles. The topological polar surface area (TPSA) is 84.9 Å². The van der Waals surface area contributed by atoms with Gasteiger partial charge < -0.3 is 14.4 Å². The average Bonchev–Trinajstić information content (AvgIpc) is 2.81. The van der Waals surface area contributed by atoms with Crippen molar-refractivity contribution in [2.24, 2.45) is 5.41 Å². The summed E-state index contributed by atoms with van der Waals surface area (Å²) in [5, 5.41) is 0.